The van der Waals surface area contributed by atoms with E-state index < -0.39 is 0 Å². The monoisotopic (exact) mass is 385 g/mol. The average molecular weight is 386 g/mol. The molecule has 0 saturated heterocycles. The van der Waals surface area contributed by atoms with E-state index in [1.165, 1.54) is 77.0 Å². The van der Waals surface area contributed by atoms with Crippen LogP contribution in [0.2, 0.25) is 0 Å². The van der Waals surface area contributed by atoms with Crippen molar-refractivity contribution in [1.29, 1.82) is 0 Å². The van der Waals surface area contributed by atoms with Crippen molar-refractivity contribution >= 4 is 5.97 Å². The molecule has 1 N–H and O–H groups in total. The van der Waals surface area contributed by atoms with E-state index in [1.807, 2.05) is 0 Å². The zero-order chi connectivity index (χ0) is 19.8. The second-order valence-electron chi connectivity index (χ2n) is 7.58. The zero-order valence-electron chi connectivity index (χ0n) is 18.4. The van der Waals surface area contributed by atoms with Crippen molar-refractivity contribution in [2.24, 2.45) is 0 Å². The Morgan fingerprint density at radius 3 is 1.74 bits per heavy atom. The van der Waals surface area contributed by atoms with Crippen LogP contribution in [-0.2, 0) is 14.3 Å². The number of ether oxygens (including phenoxy) is 2. The third-order valence-corrected chi connectivity index (χ3v) is 4.79. The first-order chi connectivity index (χ1) is 13.3. The van der Waals surface area contributed by atoms with E-state index >= 15 is 0 Å². The van der Waals surface area contributed by atoms with E-state index in [4.69, 9.17) is 9.47 Å². The van der Waals surface area contributed by atoms with Crippen LogP contribution in [0.3, 0.4) is 0 Å². The van der Waals surface area contributed by atoms with Gasteiger partial charge in [0.1, 0.15) is 0 Å². The highest BCUT2D eigenvalue weighted by Gasteiger charge is 2.02. The summed E-state index contributed by atoms with van der Waals surface area (Å²) in [7, 11) is 0. The van der Waals surface area contributed by atoms with Crippen molar-refractivity contribution in [3.63, 3.8) is 0 Å². The van der Waals surface area contributed by atoms with E-state index in [0.29, 0.717) is 26.2 Å². The summed E-state index contributed by atoms with van der Waals surface area (Å²) in [5, 5.41) is 3.20. The molecule has 0 radical (unpaired) electrons. The molecule has 0 aromatic rings. The molecule has 0 atom stereocenters. The van der Waals surface area contributed by atoms with Gasteiger partial charge in [-0.15, -0.1) is 0 Å². The van der Waals surface area contributed by atoms with Crippen LogP contribution in [0.5, 0.6) is 0 Å². The summed E-state index contributed by atoms with van der Waals surface area (Å²) in [6, 6.07) is 0. The first-order valence-corrected chi connectivity index (χ1v) is 11.7. The van der Waals surface area contributed by atoms with Crippen LogP contribution in [-0.4, -0.2) is 38.9 Å². The van der Waals surface area contributed by atoms with E-state index in [-0.39, 0.29) is 5.97 Å². The minimum atomic E-state index is -0.0871. The van der Waals surface area contributed by atoms with Crippen molar-refractivity contribution in [2.75, 3.05) is 32.9 Å². The number of hydrogen-bond donors (Lipinski definition) is 1. The molecule has 0 rings (SSSR count). The van der Waals surface area contributed by atoms with Crippen molar-refractivity contribution in [3.8, 4) is 0 Å². The van der Waals surface area contributed by atoms with Crippen molar-refractivity contribution in [2.45, 2.75) is 110 Å². The summed E-state index contributed by atoms with van der Waals surface area (Å²) in [4.78, 5) is 11.6. The molecule has 0 heterocycles. The lowest BCUT2D eigenvalue weighted by Crippen LogP contribution is -2.23. The Bertz CT molecular complexity index is 297. The smallest absolute Gasteiger partial charge is 0.307 e. The molecular weight excluding hydrogens is 338 g/mol. The standard InChI is InChI=1S/C23H47NO3/c1-3-5-6-7-8-9-10-11-12-13-14-15-16-21-27-23(25)17-18-24-19-22-26-20-4-2/h24H,3-22H2,1-2H3. The highest BCUT2D eigenvalue weighted by Crippen LogP contribution is 2.12. The number of nitrogens with one attached hydrogen (secondary N) is 1. The lowest BCUT2D eigenvalue weighted by atomic mass is 10.0. The first-order valence-electron chi connectivity index (χ1n) is 11.7. The Labute approximate surface area is 169 Å². The normalized spacial score (nSPS) is 11.0. The summed E-state index contributed by atoms with van der Waals surface area (Å²) < 4.78 is 10.6. The summed E-state index contributed by atoms with van der Waals surface area (Å²) in [5.41, 5.74) is 0. The molecule has 0 saturated carbocycles. The molecule has 0 aromatic heterocycles. The minimum Gasteiger partial charge on any atom is -0.466 e. The largest absolute Gasteiger partial charge is 0.466 e. The number of unbranched alkanes of at least 4 members (excludes halogenated alkanes) is 12. The fourth-order valence-electron chi connectivity index (χ4n) is 3.08. The van der Waals surface area contributed by atoms with Gasteiger partial charge in [0.05, 0.1) is 19.6 Å². The van der Waals surface area contributed by atoms with Gasteiger partial charge in [-0.1, -0.05) is 90.9 Å². The molecule has 0 amide bonds. The number of carbonyl (C=O) groups excluding carboxylic acids is 1. The molecule has 0 bridgehead atoms. The van der Waals surface area contributed by atoms with Gasteiger partial charge in [-0.25, -0.2) is 0 Å². The van der Waals surface area contributed by atoms with Crippen LogP contribution in [0.4, 0.5) is 0 Å². The van der Waals surface area contributed by atoms with Crippen LogP contribution in [0.25, 0.3) is 0 Å². The summed E-state index contributed by atoms with van der Waals surface area (Å²) in [5.74, 6) is -0.0871. The van der Waals surface area contributed by atoms with Gasteiger partial charge >= 0.3 is 5.97 Å². The highest BCUT2D eigenvalue weighted by molar-refractivity contribution is 5.69. The lowest BCUT2D eigenvalue weighted by Gasteiger charge is -2.07. The molecule has 0 fully saturated rings. The quantitative estimate of drug-likeness (QED) is 0.183. The predicted octanol–water partition coefficient (Wildman–Crippen LogP) is 6.03. The predicted molar refractivity (Wildman–Crippen MR) is 115 cm³/mol. The van der Waals surface area contributed by atoms with Crippen LogP contribution >= 0.6 is 0 Å². The second-order valence-corrected chi connectivity index (χ2v) is 7.58. The van der Waals surface area contributed by atoms with Gasteiger partial charge in [0.2, 0.25) is 0 Å². The van der Waals surface area contributed by atoms with Gasteiger partial charge in [0, 0.05) is 19.7 Å². The first kappa shape index (κ1) is 26.4. The average Bonchev–Trinajstić information content (AvgIpc) is 2.67. The molecule has 0 aliphatic rings. The molecule has 27 heavy (non-hydrogen) atoms. The molecule has 0 spiro atoms. The van der Waals surface area contributed by atoms with Crippen molar-refractivity contribution in [3.05, 3.63) is 0 Å². The van der Waals surface area contributed by atoms with Crippen molar-refractivity contribution < 1.29 is 14.3 Å². The Balaban J connectivity index is 3.11. The Morgan fingerprint density at radius 1 is 0.630 bits per heavy atom. The van der Waals surface area contributed by atoms with Crippen LogP contribution in [0.15, 0.2) is 0 Å². The molecule has 162 valence electrons. The topological polar surface area (TPSA) is 47.6 Å². The number of rotatable bonds is 22. The van der Waals surface area contributed by atoms with E-state index in [9.17, 15) is 4.79 Å². The Kier molecular flexibility index (Phi) is 22.9. The van der Waals surface area contributed by atoms with Gasteiger partial charge in [0.25, 0.3) is 0 Å². The third kappa shape index (κ3) is 23.4. The maximum atomic E-state index is 11.6. The number of esters is 1. The molecule has 4 heteroatoms. The SMILES string of the molecule is CCCCCCCCCCCCCCCOC(=O)CCNCCOCCC. The number of hydrogen-bond acceptors (Lipinski definition) is 4. The summed E-state index contributed by atoms with van der Waals surface area (Å²) >= 11 is 0. The molecule has 0 aliphatic carbocycles. The lowest BCUT2D eigenvalue weighted by molar-refractivity contribution is -0.143. The van der Waals surface area contributed by atoms with Crippen molar-refractivity contribution in [1.82, 2.24) is 5.32 Å². The second kappa shape index (κ2) is 23.4. The summed E-state index contributed by atoms with van der Waals surface area (Å²) in [6.07, 6.45) is 18.9. The minimum absolute atomic E-state index is 0.0871. The number of carbonyl (C=O) groups is 1. The summed E-state index contributed by atoms with van der Waals surface area (Å²) in [6.45, 7) is 7.94. The van der Waals surface area contributed by atoms with Gasteiger partial charge in [-0.2, -0.15) is 0 Å². The molecule has 0 unspecified atom stereocenters. The molecule has 0 aromatic carbocycles. The fourth-order valence-corrected chi connectivity index (χ4v) is 3.08. The fraction of sp³-hybridized carbons (Fsp3) is 0.957. The van der Waals surface area contributed by atoms with Gasteiger partial charge in [-0.05, 0) is 12.8 Å². The Morgan fingerprint density at radius 2 is 1.19 bits per heavy atom. The van der Waals surface area contributed by atoms with E-state index in [1.54, 1.807) is 0 Å². The molecular formula is C23H47NO3. The van der Waals surface area contributed by atoms with E-state index in [2.05, 4.69) is 19.2 Å². The zero-order valence-corrected chi connectivity index (χ0v) is 18.4. The van der Waals surface area contributed by atoms with Crippen LogP contribution in [0.1, 0.15) is 110 Å². The Hall–Kier alpha value is -0.610. The maximum absolute atomic E-state index is 11.6. The third-order valence-electron chi connectivity index (χ3n) is 4.79. The van der Waals surface area contributed by atoms with Gasteiger partial charge in [0.15, 0.2) is 0 Å². The molecule has 0 aliphatic heterocycles. The van der Waals surface area contributed by atoms with Crippen LogP contribution in [0, 0.1) is 0 Å². The molecule has 4 nitrogen and oxygen atoms in total. The van der Waals surface area contributed by atoms with Gasteiger partial charge in [-0.3, -0.25) is 4.79 Å². The highest BCUT2D eigenvalue weighted by atomic mass is 16.5. The van der Waals surface area contributed by atoms with Crippen LogP contribution < -0.4 is 5.32 Å². The van der Waals surface area contributed by atoms with E-state index in [0.717, 1.165) is 26.0 Å². The van der Waals surface area contributed by atoms with Gasteiger partial charge < -0.3 is 14.8 Å². The maximum Gasteiger partial charge on any atom is 0.307 e.